The summed E-state index contributed by atoms with van der Waals surface area (Å²) in [6.45, 7) is 6.29. The predicted molar refractivity (Wildman–Crippen MR) is 96.4 cm³/mol. The summed E-state index contributed by atoms with van der Waals surface area (Å²) in [6, 6.07) is 8.02. The minimum atomic E-state index is -1.82. The van der Waals surface area contributed by atoms with Crippen LogP contribution in [0.4, 0.5) is 0 Å². The molecule has 0 aliphatic carbocycles. The molecule has 0 aromatic heterocycles. The molecule has 1 aromatic rings. The van der Waals surface area contributed by atoms with Crippen molar-refractivity contribution in [1.82, 2.24) is 5.32 Å². The summed E-state index contributed by atoms with van der Waals surface area (Å²) in [6.07, 6.45) is 0.684. The highest BCUT2D eigenvalue weighted by Gasteiger charge is 2.24. The summed E-state index contributed by atoms with van der Waals surface area (Å²) in [7, 11) is 1.85. The number of carboxylic acid groups (broad SMARTS) is 2. The highest BCUT2D eigenvalue weighted by Crippen LogP contribution is 2.17. The second-order valence-corrected chi connectivity index (χ2v) is 7.14. The predicted octanol–water partition coefficient (Wildman–Crippen LogP) is 2.32. The van der Waals surface area contributed by atoms with E-state index in [0.29, 0.717) is 13.0 Å². The van der Waals surface area contributed by atoms with Crippen LogP contribution in [0.25, 0.3) is 0 Å². The average Bonchev–Trinajstić information content (AvgIpc) is 2.47. The van der Waals surface area contributed by atoms with Crippen LogP contribution < -0.4 is 5.32 Å². The van der Waals surface area contributed by atoms with Gasteiger partial charge in [0.05, 0.1) is 5.92 Å². The normalized spacial score (nSPS) is 11.7. The van der Waals surface area contributed by atoms with E-state index < -0.39 is 17.5 Å². The summed E-state index contributed by atoms with van der Waals surface area (Å²) in [5, 5.41) is 17.8. The summed E-state index contributed by atoms with van der Waals surface area (Å²) in [4.78, 5) is 30.3. The van der Waals surface area contributed by atoms with Gasteiger partial charge in [-0.25, -0.2) is 9.59 Å². The number of ether oxygens (including phenoxy) is 1. The van der Waals surface area contributed by atoms with Gasteiger partial charge >= 0.3 is 17.9 Å². The molecule has 1 aromatic carbocycles. The molecule has 0 saturated heterocycles. The topological polar surface area (TPSA) is 113 Å². The summed E-state index contributed by atoms with van der Waals surface area (Å²) < 4.78 is 6.50. The first kappa shape index (κ1) is 23.1. The van der Waals surface area contributed by atoms with Crippen LogP contribution in [0.2, 0.25) is 0 Å². The fraction of sp³-hybridized carbons (Fsp3) is 0.471. The maximum Gasteiger partial charge on any atom is 0.414 e. The van der Waals surface area contributed by atoms with E-state index in [0.717, 1.165) is 10.0 Å². The third kappa shape index (κ3) is 11.3. The number of nitrogens with one attached hydrogen (secondary N) is 1. The lowest BCUT2D eigenvalue weighted by Crippen LogP contribution is -2.34. The van der Waals surface area contributed by atoms with Crippen LogP contribution in [-0.2, 0) is 25.5 Å². The zero-order valence-electron chi connectivity index (χ0n) is 14.7. The highest BCUT2D eigenvalue weighted by molar-refractivity contribution is 9.10. The van der Waals surface area contributed by atoms with E-state index in [9.17, 15) is 4.79 Å². The van der Waals surface area contributed by atoms with Crippen LogP contribution in [-0.4, -0.2) is 47.3 Å². The standard InChI is InChI=1S/C15H22BrNO2.C2H2O4/c1-15(2,3)19-14(18)12(10-17-4)9-11-5-7-13(16)8-6-11;3-1(4)2(5)6/h5-8,12,17H,9-10H2,1-4H3;(H,3,4)(H,5,6). The maximum atomic E-state index is 12.1. The quantitative estimate of drug-likeness (QED) is 0.497. The fourth-order valence-corrected chi connectivity index (χ4v) is 2.04. The SMILES string of the molecule is CNCC(Cc1ccc(Br)cc1)C(=O)OC(C)(C)C.O=C(O)C(=O)O. The summed E-state index contributed by atoms with van der Waals surface area (Å²) >= 11 is 3.41. The van der Waals surface area contributed by atoms with Crippen LogP contribution in [0.5, 0.6) is 0 Å². The third-order valence-corrected chi connectivity index (χ3v) is 3.30. The highest BCUT2D eigenvalue weighted by atomic mass is 79.9. The van der Waals surface area contributed by atoms with E-state index in [1.165, 1.54) is 0 Å². The molecule has 0 saturated carbocycles. The van der Waals surface area contributed by atoms with Crippen LogP contribution in [0.3, 0.4) is 0 Å². The molecule has 0 fully saturated rings. The Morgan fingerprint density at radius 1 is 1.12 bits per heavy atom. The van der Waals surface area contributed by atoms with Crippen molar-refractivity contribution in [2.45, 2.75) is 32.8 Å². The number of halogens is 1. The van der Waals surface area contributed by atoms with Crippen molar-refractivity contribution in [1.29, 1.82) is 0 Å². The molecule has 0 aliphatic heterocycles. The molecular formula is C17H24BrNO6. The number of carbonyl (C=O) groups is 3. The molecule has 7 nitrogen and oxygen atoms in total. The van der Waals surface area contributed by atoms with Crippen LogP contribution >= 0.6 is 15.9 Å². The number of carbonyl (C=O) groups excluding carboxylic acids is 1. The van der Waals surface area contributed by atoms with Crippen LogP contribution in [0.1, 0.15) is 26.3 Å². The van der Waals surface area contributed by atoms with Gasteiger partial charge < -0.3 is 20.3 Å². The lowest BCUT2D eigenvalue weighted by Gasteiger charge is -2.24. The van der Waals surface area contributed by atoms with Gasteiger partial charge in [0.25, 0.3) is 0 Å². The van der Waals surface area contributed by atoms with Crippen molar-refractivity contribution in [3.05, 3.63) is 34.3 Å². The number of rotatable bonds is 5. The molecule has 0 heterocycles. The minimum Gasteiger partial charge on any atom is -0.473 e. The second-order valence-electron chi connectivity index (χ2n) is 6.23. The Morgan fingerprint density at radius 2 is 1.60 bits per heavy atom. The molecule has 1 unspecified atom stereocenters. The Hall–Kier alpha value is -1.93. The first-order chi connectivity index (χ1) is 11.5. The number of aliphatic carboxylic acids is 2. The first-order valence-corrected chi connectivity index (χ1v) is 8.33. The molecule has 3 N–H and O–H groups in total. The van der Waals surface area contributed by atoms with Gasteiger partial charge in [0.1, 0.15) is 5.60 Å². The van der Waals surface area contributed by atoms with E-state index in [1.807, 2.05) is 52.1 Å². The Morgan fingerprint density at radius 3 is 1.96 bits per heavy atom. The largest absolute Gasteiger partial charge is 0.473 e. The first-order valence-electron chi connectivity index (χ1n) is 7.54. The Kier molecular flexibility index (Phi) is 10.00. The van der Waals surface area contributed by atoms with Crippen molar-refractivity contribution >= 4 is 33.8 Å². The van der Waals surface area contributed by atoms with E-state index in [2.05, 4.69) is 21.2 Å². The molecule has 0 spiro atoms. The number of esters is 1. The molecule has 0 aliphatic rings. The van der Waals surface area contributed by atoms with E-state index >= 15 is 0 Å². The van der Waals surface area contributed by atoms with Gasteiger partial charge in [0, 0.05) is 11.0 Å². The Balaban J connectivity index is 0.000000823. The van der Waals surface area contributed by atoms with Gasteiger partial charge in [-0.2, -0.15) is 0 Å². The lowest BCUT2D eigenvalue weighted by molar-refractivity contribution is -0.159. The van der Waals surface area contributed by atoms with E-state index in [1.54, 1.807) is 0 Å². The smallest absolute Gasteiger partial charge is 0.414 e. The Bertz CT molecular complexity index is 568. The molecule has 8 heteroatoms. The lowest BCUT2D eigenvalue weighted by atomic mass is 9.99. The van der Waals surface area contributed by atoms with Gasteiger partial charge in [-0.05, 0) is 51.9 Å². The summed E-state index contributed by atoms with van der Waals surface area (Å²) in [5.41, 5.74) is 0.692. The second kappa shape index (κ2) is 10.8. The van der Waals surface area contributed by atoms with Crippen LogP contribution in [0.15, 0.2) is 28.7 Å². The average molecular weight is 418 g/mol. The summed E-state index contributed by atoms with van der Waals surface area (Å²) in [5.74, 6) is -3.96. The van der Waals surface area contributed by atoms with Gasteiger partial charge in [0.15, 0.2) is 0 Å². The fourth-order valence-electron chi connectivity index (χ4n) is 1.78. The zero-order valence-corrected chi connectivity index (χ0v) is 16.3. The van der Waals surface area contributed by atoms with E-state index in [-0.39, 0.29) is 11.9 Å². The van der Waals surface area contributed by atoms with Crippen molar-refractivity contribution in [3.63, 3.8) is 0 Å². The van der Waals surface area contributed by atoms with Crippen molar-refractivity contribution in [2.75, 3.05) is 13.6 Å². The maximum absolute atomic E-state index is 12.1. The molecule has 0 radical (unpaired) electrons. The van der Waals surface area contributed by atoms with Gasteiger partial charge in [0.2, 0.25) is 0 Å². The Labute approximate surface area is 155 Å². The number of benzene rings is 1. The molecule has 0 bridgehead atoms. The monoisotopic (exact) mass is 417 g/mol. The van der Waals surface area contributed by atoms with Crippen molar-refractivity contribution in [2.24, 2.45) is 5.92 Å². The van der Waals surface area contributed by atoms with Crippen molar-refractivity contribution < 1.29 is 29.3 Å². The van der Waals surface area contributed by atoms with Gasteiger partial charge in [-0.1, -0.05) is 28.1 Å². The minimum absolute atomic E-state index is 0.148. The molecule has 140 valence electrons. The van der Waals surface area contributed by atoms with Gasteiger partial charge in [-0.3, -0.25) is 4.79 Å². The molecule has 25 heavy (non-hydrogen) atoms. The third-order valence-electron chi connectivity index (χ3n) is 2.77. The van der Waals surface area contributed by atoms with Crippen molar-refractivity contribution in [3.8, 4) is 0 Å². The molecule has 1 rings (SSSR count). The van der Waals surface area contributed by atoms with Crippen LogP contribution in [0, 0.1) is 5.92 Å². The number of hydrogen-bond donors (Lipinski definition) is 3. The number of carboxylic acids is 2. The zero-order chi connectivity index (χ0) is 19.6. The van der Waals surface area contributed by atoms with Gasteiger partial charge in [-0.15, -0.1) is 0 Å². The molecule has 0 amide bonds. The van der Waals surface area contributed by atoms with E-state index in [4.69, 9.17) is 24.5 Å². The molecule has 1 atom stereocenters. The number of hydrogen-bond acceptors (Lipinski definition) is 5. The molecular weight excluding hydrogens is 394 g/mol.